The number of nitrogens with zero attached hydrogens (tertiary/aromatic N) is 4. The summed E-state index contributed by atoms with van der Waals surface area (Å²) in [6, 6.07) is 0.626. The Kier molecular flexibility index (Phi) is 7.00. The van der Waals surface area contributed by atoms with E-state index in [4.69, 9.17) is 9.47 Å². The van der Waals surface area contributed by atoms with Gasteiger partial charge in [-0.25, -0.2) is 0 Å². The van der Waals surface area contributed by atoms with Crippen LogP contribution in [0.2, 0.25) is 0 Å². The fourth-order valence-electron chi connectivity index (χ4n) is 4.59. The van der Waals surface area contributed by atoms with Gasteiger partial charge in [0.25, 0.3) is 0 Å². The van der Waals surface area contributed by atoms with E-state index in [2.05, 4.69) is 52.7 Å². The summed E-state index contributed by atoms with van der Waals surface area (Å²) in [5, 5.41) is 3.65. The molecule has 3 heterocycles. The van der Waals surface area contributed by atoms with Gasteiger partial charge in [-0.1, -0.05) is 0 Å². The van der Waals surface area contributed by atoms with E-state index in [-0.39, 0.29) is 5.54 Å². The summed E-state index contributed by atoms with van der Waals surface area (Å²) in [5.41, 5.74) is 0.0611. The van der Waals surface area contributed by atoms with Gasteiger partial charge in [0.15, 0.2) is 5.96 Å². The van der Waals surface area contributed by atoms with E-state index in [9.17, 15) is 0 Å². The molecule has 0 aromatic heterocycles. The second kappa shape index (κ2) is 9.07. The average molecular weight is 382 g/mol. The summed E-state index contributed by atoms with van der Waals surface area (Å²) < 4.78 is 11.4. The molecule has 0 bridgehead atoms. The van der Waals surface area contributed by atoms with Crippen LogP contribution in [0.5, 0.6) is 0 Å². The molecule has 7 heteroatoms. The van der Waals surface area contributed by atoms with Crippen LogP contribution in [-0.4, -0.2) is 111 Å². The topological polar surface area (TPSA) is 52.6 Å². The van der Waals surface area contributed by atoms with Gasteiger partial charge in [-0.2, -0.15) is 0 Å². The molecule has 0 spiro atoms. The molecule has 0 radical (unpaired) electrons. The van der Waals surface area contributed by atoms with Gasteiger partial charge in [0.1, 0.15) is 0 Å². The Morgan fingerprint density at radius 3 is 2.37 bits per heavy atom. The van der Waals surface area contributed by atoms with Gasteiger partial charge in [-0.15, -0.1) is 0 Å². The Morgan fingerprint density at radius 2 is 1.74 bits per heavy atom. The van der Waals surface area contributed by atoms with Gasteiger partial charge in [0.2, 0.25) is 0 Å². The van der Waals surface area contributed by atoms with Crippen LogP contribution in [0.15, 0.2) is 4.99 Å². The van der Waals surface area contributed by atoms with E-state index < -0.39 is 0 Å². The zero-order valence-corrected chi connectivity index (χ0v) is 17.9. The second-order valence-corrected chi connectivity index (χ2v) is 8.91. The first-order chi connectivity index (χ1) is 12.9. The maximum absolute atomic E-state index is 5.90. The fraction of sp³-hybridized carbons (Fsp3) is 0.950. The second-order valence-electron chi connectivity index (χ2n) is 8.91. The fourth-order valence-corrected chi connectivity index (χ4v) is 4.59. The van der Waals surface area contributed by atoms with Crippen molar-refractivity contribution in [3.8, 4) is 0 Å². The molecule has 0 saturated carbocycles. The molecule has 1 N–H and O–H groups in total. The molecular formula is C20H39N5O2. The van der Waals surface area contributed by atoms with Crippen molar-refractivity contribution in [3.05, 3.63) is 0 Å². The molecule has 7 nitrogen and oxygen atoms in total. The first-order valence-corrected chi connectivity index (χ1v) is 10.6. The van der Waals surface area contributed by atoms with E-state index in [1.807, 2.05) is 7.05 Å². The molecule has 3 rings (SSSR count). The summed E-state index contributed by atoms with van der Waals surface area (Å²) in [4.78, 5) is 12.1. The van der Waals surface area contributed by atoms with Gasteiger partial charge >= 0.3 is 0 Å². The molecule has 3 saturated heterocycles. The lowest BCUT2D eigenvalue weighted by molar-refractivity contribution is -0.0947. The Hall–Kier alpha value is -0.890. The van der Waals surface area contributed by atoms with Crippen molar-refractivity contribution in [2.45, 2.75) is 57.9 Å². The number of morpholine rings is 2. The molecular weight excluding hydrogens is 342 g/mol. The monoisotopic (exact) mass is 381 g/mol. The lowest BCUT2D eigenvalue weighted by atomic mass is 10.00. The Labute approximate surface area is 165 Å². The molecule has 0 amide bonds. The zero-order chi connectivity index (χ0) is 19.4. The zero-order valence-electron chi connectivity index (χ0n) is 17.9. The average Bonchev–Trinajstić information content (AvgIpc) is 3.12. The lowest BCUT2D eigenvalue weighted by Crippen LogP contribution is -2.59. The van der Waals surface area contributed by atoms with Crippen LogP contribution in [0.25, 0.3) is 0 Å². The third kappa shape index (κ3) is 5.34. The van der Waals surface area contributed by atoms with E-state index in [0.29, 0.717) is 18.2 Å². The first kappa shape index (κ1) is 20.8. The van der Waals surface area contributed by atoms with Crippen molar-refractivity contribution >= 4 is 5.96 Å². The molecule has 27 heavy (non-hydrogen) atoms. The number of rotatable bonds is 4. The summed E-state index contributed by atoms with van der Waals surface area (Å²) in [5.74, 6) is 1.04. The summed E-state index contributed by atoms with van der Waals surface area (Å²) >= 11 is 0. The third-order valence-electron chi connectivity index (χ3n) is 6.19. The number of guanidine groups is 1. The number of aliphatic imine (C=N–C) groups is 1. The largest absolute Gasteiger partial charge is 0.379 e. The van der Waals surface area contributed by atoms with Crippen molar-refractivity contribution in [1.82, 2.24) is 20.0 Å². The third-order valence-corrected chi connectivity index (χ3v) is 6.19. The van der Waals surface area contributed by atoms with Crippen molar-refractivity contribution in [2.24, 2.45) is 4.99 Å². The maximum atomic E-state index is 5.90. The number of hydrogen-bond acceptors (Lipinski definition) is 5. The highest BCUT2D eigenvalue weighted by molar-refractivity contribution is 5.80. The van der Waals surface area contributed by atoms with E-state index in [0.717, 1.165) is 65.0 Å². The minimum absolute atomic E-state index is 0.0611. The van der Waals surface area contributed by atoms with Crippen LogP contribution >= 0.6 is 0 Å². The van der Waals surface area contributed by atoms with Gasteiger partial charge in [0.05, 0.1) is 25.4 Å². The smallest absolute Gasteiger partial charge is 0.193 e. The van der Waals surface area contributed by atoms with Gasteiger partial charge in [-0.05, 0) is 34.1 Å². The van der Waals surface area contributed by atoms with Crippen LogP contribution in [0.3, 0.4) is 0 Å². The van der Waals surface area contributed by atoms with Crippen molar-refractivity contribution < 1.29 is 9.47 Å². The first-order valence-electron chi connectivity index (χ1n) is 10.6. The molecule has 0 aromatic rings. The normalized spacial score (nSPS) is 32.1. The Bertz CT molecular complexity index is 497. The summed E-state index contributed by atoms with van der Waals surface area (Å²) in [7, 11) is 1.90. The minimum atomic E-state index is 0.0611. The highest BCUT2D eigenvalue weighted by Crippen LogP contribution is 2.21. The number of ether oxygens (including phenoxy) is 2. The number of likely N-dealkylation sites (tertiary alicyclic amines) is 1. The highest BCUT2D eigenvalue weighted by atomic mass is 16.5. The van der Waals surface area contributed by atoms with Crippen LogP contribution in [0, 0.1) is 0 Å². The molecule has 3 unspecified atom stereocenters. The standard InChI is InChI=1S/C20H39N5O2/c1-16-12-25(13-17(2)27-16)20(3,4)15-22-19(21-5)24-7-6-18(14-24)23-8-10-26-11-9-23/h16-18H,6-15H2,1-5H3,(H,21,22). The van der Waals surface area contributed by atoms with Crippen LogP contribution in [0.1, 0.15) is 34.1 Å². The lowest BCUT2D eigenvalue weighted by Gasteiger charge is -2.45. The Morgan fingerprint density at radius 1 is 1.07 bits per heavy atom. The molecule has 0 aromatic carbocycles. The van der Waals surface area contributed by atoms with Crippen LogP contribution < -0.4 is 5.32 Å². The van der Waals surface area contributed by atoms with E-state index in [1.165, 1.54) is 6.42 Å². The molecule has 3 aliphatic rings. The minimum Gasteiger partial charge on any atom is -0.379 e. The molecule has 156 valence electrons. The van der Waals surface area contributed by atoms with Gasteiger partial charge in [-0.3, -0.25) is 14.8 Å². The Balaban J connectivity index is 1.51. The molecule has 3 atom stereocenters. The van der Waals surface area contributed by atoms with Crippen LogP contribution in [-0.2, 0) is 9.47 Å². The van der Waals surface area contributed by atoms with E-state index >= 15 is 0 Å². The molecule has 3 aliphatic heterocycles. The molecule has 3 fully saturated rings. The quantitative estimate of drug-likeness (QED) is 0.576. The maximum Gasteiger partial charge on any atom is 0.193 e. The predicted molar refractivity (Wildman–Crippen MR) is 109 cm³/mol. The summed E-state index contributed by atoms with van der Waals surface area (Å²) in [6.45, 7) is 17.8. The highest BCUT2D eigenvalue weighted by Gasteiger charge is 2.34. The van der Waals surface area contributed by atoms with Gasteiger partial charge in [0, 0.05) is 64.4 Å². The van der Waals surface area contributed by atoms with Crippen molar-refractivity contribution in [1.29, 1.82) is 0 Å². The molecule has 0 aliphatic carbocycles. The van der Waals surface area contributed by atoms with Crippen LogP contribution in [0.4, 0.5) is 0 Å². The van der Waals surface area contributed by atoms with Crippen molar-refractivity contribution in [3.63, 3.8) is 0 Å². The van der Waals surface area contributed by atoms with Crippen molar-refractivity contribution in [2.75, 3.05) is 66.1 Å². The predicted octanol–water partition coefficient (Wildman–Crippen LogP) is 0.856. The van der Waals surface area contributed by atoms with Gasteiger partial charge < -0.3 is 19.7 Å². The SMILES string of the molecule is CN=C(NCC(C)(C)N1CC(C)OC(C)C1)N1CCC(N2CCOCC2)C1. The number of hydrogen-bond donors (Lipinski definition) is 1. The van der Waals surface area contributed by atoms with E-state index in [1.54, 1.807) is 0 Å². The summed E-state index contributed by atoms with van der Waals surface area (Å²) in [6.07, 6.45) is 1.79. The number of nitrogens with one attached hydrogen (secondary N) is 1.